The molecule has 15 nitrogen and oxygen atoms in total. The van der Waals surface area contributed by atoms with Crippen LogP contribution in [0.1, 0.15) is 78.7 Å². The van der Waals surface area contributed by atoms with Gasteiger partial charge >= 0.3 is 6.09 Å². The standard InChI is InChI=1S/C44H56N7O8PS/c1-8-28-21-44(28,60(55,56)24-27-12-11-17-45-22-27)50-39(52)36-19-31(23-51(36)40(53)38(43(4,5)6)49-42(54)59-29-13-9-10-14-29)58-37-20-34(35-25-61-41(48-35)46-26(2)3)47-33-18-30(57-7)15-16-32(33)37/h8,11-12,15-18,20,22,25-26,28-29,31,36,38H,1,9-10,13-14,19,21,23-24H2,2-7H3,(H,46,48)(H,49,54)(H,50,52)(H,55,56)/t28-,31-,36+,38-,44+/m1/s1. The average molecular weight is 874 g/mol. The Bertz CT molecular complexity index is 2310. The van der Waals surface area contributed by atoms with Crippen molar-refractivity contribution >= 4 is 52.6 Å². The van der Waals surface area contributed by atoms with Gasteiger partial charge in [-0.1, -0.05) is 32.9 Å². The number of alkyl carbamates (subject to hydrolysis) is 1. The van der Waals surface area contributed by atoms with Crippen molar-refractivity contribution in [1.29, 1.82) is 0 Å². The van der Waals surface area contributed by atoms with E-state index in [0.29, 0.717) is 39.4 Å². The van der Waals surface area contributed by atoms with E-state index < -0.39 is 60.1 Å². The van der Waals surface area contributed by atoms with E-state index in [1.807, 2.05) is 46.1 Å². The number of carbonyl (C=O) groups is 3. The number of ether oxygens (including phenoxy) is 3. The number of aromatic nitrogens is 3. The summed E-state index contributed by atoms with van der Waals surface area (Å²) >= 11 is 1.46. The first-order valence-corrected chi connectivity index (χ1v) is 23.5. The fourth-order valence-corrected chi connectivity index (χ4v) is 11.5. The fourth-order valence-electron chi connectivity index (χ4n) is 8.28. The maximum Gasteiger partial charge on any atom is 0.408 e. The Morgan fingerprint density at radius 2 is 1.89 bits per heavy atom. The van der Waals surface area contributed by atoms with Crippen LogP contribution in [-0.4, -0.2) is 91.9 Å². The lowest BCUT2D eigenvalue weighted by Crippen LogP contribution is -2.58. The summed E-state index contributed by atoms with van der Waals surface area (Å²) in [4.78, 5) is 69.7. The molecule has 1 saturated heterocycles. The molecule has 2 saturated carbocycles. The van der Waals surface area contributed by atoms with Gasteiger partial charge in [0.1, 0.15) is 46.8 Å². The Hall–Kier alpha value is -5.05. The van der Waals surface area contributed by atoms with E-state index in [1.54, 1.807) is 49.7 Å². The summed E-state index contributed by atoms with van der Waals surface area (Å²) in [5.74, 6) is -0.534. The van der Waals surface area contributed by atoms with Crippen molar-refractivity contribution in [2.24, 2.45) is 11.3 Å². The van der Waals surface area contributed by atoms with Crippen molar-refractivity contribution in [1.82, 2.24) is 30.5 Å². The minimum absolute atomic E-state index is 0.0261. The second-order valence-electron chi connectivity index (χ2n) is 17.6. The molecule has 17 heteroatoms. The van der Waals surface area contributed by atoms with E-state index in [9.17, 15) is 23.8 Å². The second-order valence-corrected chi connectivity index (χ2v) is 21.0. The molecule has 1 aromatic carbocycles. The number of nitrogens with zero attached hydrogens (tertiary/aromatic N) is 4. The molecule has 7 rings (SSSR count). The summed E-state index contributed by atoms with van der Waals surface area (Å²) in [6.07, 6.45) is 6.53. The average Bonchev–Trinajstić information content (AvgIpc) is 3.61. The smallest absolute Gasteiger partial charge is 0.408 e. The van der Waals surface area contributed by atoms with E-state index in [-0.39, 0.29) is 37.7 Å². The van der Waals surface area contributed by atoms with Crippen LogP contribution in [0.25, 0.3) is 22.3 Å². The zero-order chi connectivity index (χ0) is 43.7. The number of methoxy groups -OCH3 is 1. The minimum atomic E-state index is -4.12. The highest BCUT2D eigenvalue weighted by atomic mass is 32.1. The molecule has 3 aromatic heterocycles. The number of amides is 3. The first-order valence-electron chi connectivity index (χ1n) is 20.8. The highest BCUT2D eigenvalue weighted by molar-refractivity contribution is 7.59. The normalized spacial score (nSPS) is 23.0. The van der Waals surface area contributed by atoms with Crippen molar-refractivity contribution < 1.29 is 38.1 Å². The maximum atomic E-state index is 14.9. The highest BCUT2D eigenvalue weighted by Crippen LogP contribution is 2.70. The lowest BCUT2D eigenvalue weighted by Gasteiger charge is -2.36. The zero-order valence-electron chi connectivity index (χ0n) is 35.6. The Balaban J connectivity index is 1.22. The van der Waals surface area contributed by atoms with Crippen molar-refractivity contribution in [3.8, 4) is 22.9 Å². The van der Waals surface area contributed by atoms with E-state index in [2.05, 4.69) is 27.5 Å². The number of thiazole rings is 1. The van der Waals surface area contributed by atoms with Crippen LogP contribution in [0.15, 0.2) is 66.8 Å². The second kappa shape index (κ2) is 17.7. The molecule has 3 fully saturated rings. The summed E-state index contributed by atoms with van der Waals surface area (Å²) in [7, 11) is -2.54. The number of carbonyl (C=O) groups excluding carboxylic acids is 3. The number of rotatable bonds is 15. The van der Waals surface area contributed by atoms with Gasteiger partial charge in [0.05, 0.1) is 31.0 Å². The molecule has 0 radical (unpaired) electrons. The van der Waals surface area contributed by atoms with E-state index in [4.69, 9.17) is 24.2 Å². The van der Waals surface area contributed by atoms with Crippen molar-refractivity contribution in [3.05, 3.63) is 72.4 Å². The van der Waals surface area contributed by atoms with Crippen LogP contribution in [0.2, 0.25) is 0 Å². The van der Waals surface area contributed by atoms with Crippen molar-refractivity contribution in [2.75, 3.05) is 19.0 Å². The van der Waals surface area contributed by atoms with Gasteiger partial charge in [-0.3, -0.25) is 19.1 Å². The largest absolute Gasteiger partial charge is 0.497 e. The third-order valence-electron chi connectivity index (χ3n) is 11.6. The molecule has 326 valence electrons. The van der Waals surface area contributed by atoms with Gasteiger partial charge in [-0.2, -0.15) is 0 Å². The van der Waals surface area contributed by atoms with Gasteiger partial charge in [-0.25, -0.2) is 14.8 Å². The molecule has 0 bridgehead atoms. The van der Waals surface area contributed by atoms with Crippen LogP contribution in [0.3, 0.4) is 0 Å². The lowest BCUT2D eigenvalue weighted by molar-refractivity contribution is -0.142. The highest BCUT2D eigenvalue weighted by Gasteiger charge is 2.65. The fraction of sp³-hybridized carbons (Fsp3) is 0.500. The molecule has 4 N–H and O–H groups in total. The summed E-state index contributed by atoms with van der Waals surface area (Å²) < 4.78 is 32.3. The number of nitrogens with one attached hydrogen (secondary N) is 3. The van der Waals surface area contributed by atoms with Gasteiger partial charge in [-0.05, 0) is 75.1 Å². The monoisotopic (exact) mass is 873 g/mol. The summed E-state index contributed by atoms with van der Waals surface area (Å²) in [5.41, 5.74) is 1.54. The lowest BCUT2D eigenvalue weighted by atomic mass is 9.85. The minimum Gasteiger partial charge on any atom is -0.497 e. The summed E-state index contributed by atoms with van der Waals surface area (Å²) in [5, 5.41) is 11.0. The molecule has 3 amide bonds. The predicted molar refractivity (Wildman–Crippen MR) is 235 cm³/mol. The Morgan fingerprint density at radius 1 is 1.11 bits per heavy atom. The molecule has 2 aliphatic carbocycles. The zero-order valence-corrected chi connectivity index (χ0v) is 37.3. The Labute approximate surface area is 360 Å². The third-order valence-corrected chi connectivity index (χ3v) is 15.0. The number of benzene rings is 1. The van der Waals surface area contributed by atoms with Gasteiger partial charge in [0.2, 0.25) is 19.2 Å². The van der Waals surface area contributed by atoms with Gasteiger partial charge in [-0.15, -0.1) is 17.9 Å². The summed E-state index contributed by atoms with van der Waals surface area (Å²) in [6, 6.07) is 8.62. The molecule has 0 spiro atoms. The number of fused-ring (bicyclic) bond motifs is 1. The van der Waals surface area contributed by atoms with Gasteiger partial charge in [0, 0.05) is 53.7 Å². The first kappa shape index (κ1) is 44.0. The molecule has 1 aliphatic heterocycles. The number of hydrogen-bond acceptors (Lipinski definition) is 12. The molecule has 4 heterocycles. The van der Waals surface area contributed by atoms with Crippen LogP contribution in [-0.2, 0) is 25.1 Å². The number of anilines is 1. The maximum absolute atomic E-state index is 14.9. The van der Waals surface area contributed by atoms with Crippen molar-refractivity contribution in [2.45, 2.75) is 115 Å². The van der Waals surface area contributed by atoms with Gasteiger partial charge < -0.3 is 40.0 Å². The van der Waals surface area contributed by atoms with Crippen LogP contribution in [0, 0.1) is 11.3 Å². The van der Waals surface area contributed by atoms with Crippen molar-refractivity contribution in [3.63, 3.8) is 0 Å². The molecule has 1 unspecified atom stereocenters. The molecule has 6 atom stereocenters. The van der Waals surface area contributed by atoms with Crippen LogP contribution in [0.4, 0.5) is 9.93 Å². The Kier molecular flexibility index (Phi) is 12.8. The van der Waals surface area contributed by atoms with Gasteiger partial charge in [0.25, 0.3) is 0 Å². The molecule has 61 heavy (non-hydrogen) atoms. The number of likely N-dealkylation sites (tertiary alicyclic amines) is 1. The van der Waals surface area contributed by atoms with Crippen LogP contribution < -0.4 is 25.4 Å². The number of hydrogen-bond donors (Lipinski definition) is 4. The van der Waals surface area contributed by atoms with Crippen LogP contribution >= 0.6 is 18.7 Å². The van der Waals surface area contributed by atoms with Crippen LogP contribution in [0.5, 0.6) is 11.5 Å². The molecule has 3 aliphatic rings. The molecular formula is C44H56N7O8PS. The number of pyridine rings is 2. The first-order chi connectivity index (χ1) is 29.0. The topological polar surface area (TPSA) is 194 Å². The molecule has 4 aromatic rings. The summed E-state index contributed by atoms with van der Waals surface area (Å²) in [6.45, 7) is 13.4. The molecular weight excluding hydrogens is 818 g/mol. The predicted octanol–water partition coefficient (Wildman–Crippen LogP) is 7.50. The van der Waals surface area contributed by atoms with E-state index in [0.717, 1.165) is 30.8 Å². The van der Waals surface area contributed by atoms with E-state index in [1.165, 1.54) is 22.4 Å². The van der Waals surface area contributed by atoms with Gasteiger partial charge in [0.15, 0.2) is 5.13 Å². The Morgan fingerprint density at radius 3 is 2.54 bits per heavy atom. The SMILES string of the molecule is C=C[C@@H]1C[C@]1(NC(=O)[C@@H]1C[C@@H](Oc2cc(-c3csc(NC(C)C)n3)nc3cc(OC)ccc23)CN1C(=O)[C@@H](NC(=O)OC1CCCC1)C(C)(C)C)P(=O)(O)Cc1cccnc1. The third kappa shape index (κ3) is 9.71. The van der Waals surface area contributed by atoms with E-state index >= 15 is 0 Å². The quantitative estimate of drug-likeness (QED) is 0.0680.